The van der Waals surface area contributed by atoms with Gasteiger partial charge in [-0.15, -0.1) is 0 Å². The molecule has 0 aliphatic heterocycles. The van der Waals surface area contributed by atoms with E-state index < -0.39 is 5.91 Å². The molecule has 3 aromatic rings. The van der Waals surface area contributed by atoms with Gasteiger partial charge in [-0.05, 0) is 30.3 Å². The highest BCUT2D eigenvalue weighted by atomic mass is 16.3. The molecule has 0 saturated heterocycles. The first-order chi connectivity index (χ1) is 11.1. The van der Waals surface area contributed by atoms with E-state index in [1.807, 2.05) is 12.1 Å². The Morgan fingerprint density at radius 3 is 2.87 bits per heavy atom. The van der Waals surface area contributed by atoms with Crippen LogP contribution in [0, 0.1) is 0 Å². The maximum Gasteiger partial charge on any atom is 0.263 e. The summed E-state index contributed by atoms with van der Waals surface area (Å²) in [5, 5.41) is 7.04. The van der Waals surface area contributed by atoms with Crippen LogP contribution in [-0.4, -0.2) is 20.3 Å². The van der Waals surface area contributed by atoms with Gasteiger partial charge in [-0.3, -0.25) is 14.3 Å². The summed E-state index contributed by atoms with van der Waals surface area (Å²) in [7, 11) is 3.41. The van der Waals surface area contributed by atoms with E-state index in [-0.39, 0.29) is 17.7 Å². The third-order valence-corrected chi connectivity index (χ3v) is 3.50. The number of carbonyl (C=O) groups is 1. The zero-order valence-corrected chi connectivity index (χ0v) is 12.8. The Morgan fingerprint density at radius 1 is 1.30 bits per heavy atom. The van der Waals surface area contributed by atoms with Crippen molar-refractivity contribution < 1.29 is 9.21 Å². The van der Waals surface area contributed by atoms with Gasteiger partial charge in [0.1, 0.15) is 11.3 Å². The molecule has 0 atom stereocenters. The fraction of sp³-hybridized carbons (Fsp3) is 0.188. The first-order valence-electron chi connectivity index (χ1n) is 7.07. The molecule has 0 radical (unpaired) electrons. The normalized spacial score (nSPS) is 10.7. The SMILES string of the molecule is Cn1nc(CNC(=O)c2cccn(C)c2=O)cc1-c1ccco1. The van der Waals surface area contributed by atoms with Crippen LogP contribution in [0.1, 0.15) is 16.1 Å². The summed E-state index contributed by atoms with van der Waals surface area (Å²) >= 11 is 0. The van der Waals surface area contributed by atoms with Crippen molar-refractivity contribution in [3.05, 3.63) is 64.4 Å². The molecule has 0 aliphatic rings. The number of furan rings is 1. The smallest absolute Gasteiger partial charge is 0.263 e. The van der Waals surface area contributed by atoms with Crippen molar-refractivity contribution in [2.24, 2.45) is 14.1 Å². The Morgan fingerprint density at radius 2 is 2.13 bits per heavy atom. The van der Waals surface area contributed by atoms with E-state index in [4.69, 9.17) is 4.42 Å². The molecule has 0 aliphatic carbocycles. The first kappa shape index (κ1) is 14.8. The van der Waals surface area contributed by atoms with Crippen molar-refractivity contribution >= 4 is 5.91 Å². The Labute approximate surface area is 132 Å². The topological polar surface area (TPSA) is 82.1 Å². The summed E-state index contributed by atoms with van der Waals surface area (Å²) in [5.74, 6) is 0.283. The van der Waals surface area contributed by atoms with Gasteiger partial charge >= 0.3 is 0 Å². The zero-order chi connectivity index (χ0) is 16.4. The predicted octanol–water partition coefficient (Wildman–Crippen LogP) is 1.31. The van der Waals surface area contributed by atoms with Crippen LogP contribution in [0.5, 0.6) is 0 Å². The fourth-order valence-electron chi connectivity index (χ4n) is 2.30. The van der Waals surface area contributed by atoms with E-state index in [0.29, 0.717) is 11.5 Å². The number of nitrogens with one attached hydrogen (secondary N) is 1. The molecule has 0 unspecified atom stereocenters. The van der Waals surface area contributed by atoms with Crippen molar-refractivity contribution in [3.63, 3.8) is 0 Å². The summed E-state index contributed by atoms with van der Waals surface area (Å²) in [4.78, 5) is 24.0. The van der Waals surface area contributed by atoms with E-state index in [1.165, 1.54) is 10.6 Å². The number of nitrogens with zero attached hydrogens (tertiary/aromatic N) is 3. The maximum absolute atomic E-state index is 12.1. The zero-order valence-electron chi connectivity index (χ0n) is 12.8. The molecule has 1 N–H and O–H groups in total. The largest absolute Gasteiger partial charge is 0.463 e. The molecule has 23 heavy (non-hydrogen) atoms. The second-order valence-electron chi connectivity index (χ2n) is 5.14. The van der Waals surface area contributed by atoms with Gasteiger partial charge in [-0.1, -0.05) is 0 Å². The lowest BCUT2D eigenvalue weighted by atomic mass is 10.2. The Kier molecular flexibility index (Phi) is 3.84. The van der Waals surface area contributed by atoms with Crippen molar-refractivity contribution in [2.75, 3.05) is 0 Å². The minimum Gasteiger partial charge on any atom is -0.463 e. The van der Waals surface area contributed by atoms with Crippen molar-refractivity contribution in [2.45, 2.75) is 6.54 Å². The average Bonchev–Trinajstić information content (AvgIpc) is 3.17. The monoisotopic (exact) mass is 312 g/mol. The van der Waals surface area contributed by atoms with Crippen LogP contribution in [0.2, 0.25) is 0 Å². The standard InChI is InChI=1S/C16H16N4O3/c1-19-7-3-5-12(16(19)22)15(21)17-10-11-9-13(20(2)18-11)14-6-4-8-23-14/h3-9H,10H2,1-2H3,(H,17,21). The van der Waals surface area contributed by atoms with Gasteiger partial charge in [0.25, 0.3) is 11.5 Å². The van der Waals surface area contributed by atoms with Crippen LogP contribution in [0.15, 0.2) is 52.0 Å². The minimum atomic E-state index is -0.420. The van der Waals surface area contributed by atoms with Gasteiger partial charge in [0, 0.05) is 20.3 Å². The summed E-state index contributed by atoms with van der Waals surface area (Å²) < 4.78 is 8.39. The number of aromatic nitrogens is 3. The molecule has 3 rings (SSSR count). The highest BCUT2D eigenvalue weighted by Gasteiger charge is 2.13. The fourth-order valence-corrected chi connectivity index (χ4v) is 2.30. The lowest BCUT2D eigenvalue weighted by molar-refractivity contribution is 0.0948. The minimum absolute atomic E-state index is 0.109. The quantitative estimate of drug-likeness (QED) is 0.787. The van der Waals surface area contributed by atoms with E-state index in [2.05, 4.69) is 10.4 Å². The van der Waals surface area contributed by atoms with Gasteiger partial charge in [-0.2, -0.15) is 5.10 Å². The molecule has 118 valence electrons. The predicted molar refractivity (Wildman–Crippen MR) is 83.8 cm³/mol. The van der Waals surface area contributed by atoms with Crippen molar-refractivity contribution in [3.8, 4) is 11.5 Å². The van der Waals surface area contributed by atoms with E-state index in [9.17, 15) is 9.59 Å². The molecule has 0 fully saturated rings. The average molecular weight is 312 g/mol. The number of hydrogen-bond acceptors (Lipinski definition) is 4. The second kappa shape index (κ2) is 5.96. The van der Waals surface area contributed by atoms with E-state index in [1.54, 1.807) is 43.4 Å². The van der Waals surface area contributed by atoms with Crippen LogP contribution in [-0.2, 0) is 20.6 Å². The van der Waals surface area contributed by atoms with Crippen LogP contribution in [0.25, 0.3) is 11.5 Å². The lowest BCUT2D eigenvalue weighted by Crippen LogP contribution is -2.31. The number of hydrogen-bond donors (Lipinski definition) is 1. The molecule has 1 amide bonds. The van der Waals surface area contributed by atoms with Crippen molar-refractivity contribution in [1.82, 2.24) is 19.7 Å². The third-order valence-electron chi connectivity index (χ3n) is 3.50. The molecule has 7 nitrogen and oxygen atoms in total. The highest BCUT2D eigenvalue weighted by molar-refractivity contribution is 5.93. The summed E-state index contributed by atoms with van der Waals surface area (Å²) in [6.45, 7) is 0.228. The molecule has 0 spiro atoms. The van der Waals surface area contributed by atoms with E-state index in [0.717, 1.165) is 5.69 Å². The Hall–Kier alpha value is -3.09. The van der Waals surface area contributed by atoms with Crippen LogP contribution >= 0.6 is 0 Å². The first-order valence-corrected chi connectivity index (χ1v) is 7.07. The highest BCUT2D eigenvalue weighted by Crippen LogP contribution is 2.20. The molecular weight excluding hydrogens is 296 g/mol. The number of carbonyl (C=O) groups excluding carboxylic acids is 1. The summed E-state index contributed by atoms with van der Waals surface area (Å²) in [6.07, 6.45) is 3.20. The molecular formula is C16H16N4O3. The van der Waals surface area contributed by atoms with Gasteiger partial charge in [0.15, 0.2) is 5.76 Å². The summed E-state index contributed by atoms with van der Waals surface area (Å²) in [5.41, 5.74) is 1.27. The number of rotatable bonds is 4. The summed E-state index contributed by atoms with van der Waals surface area (Å²) in [6, 6.07) is 8.64. The molecule has 0 saturated carbocycles. The van der Waals surface area contributed by atoms with Crippen LogP contribution < -0.4 is 10.9 Å². The number of aryl methyl sites for hydroxylation is 2. The van der Waals surface area contributed by atoms with Gasteiger partial charge in [0.2, 0.25) is 0 Å². The maximum atomic E-state index is 12.1. The third kappa shape index (κ3) is 2.94. The Bertz CT molecular complexity index is 890. The molecule has 3 aromatic heterocycles. The molecule has 3 heterocycles. The Balaban J connectivity index is 1.74. The van der Waals surface area contributed by atoms with Crippen molar-refractivity contribution in [1.29, 1.82) is 0 Å². The van der Waals surface area contributed by atoms with Gasteiger partial charge < -0.3 is 14.3 Å². The molecule has 0 aromatic carbocycles. The molecule has 7 heteroatoms. The van der Waals surface area contributed by atoms with Crippen LogP contribution in [0.3, 0.4) is 0 Å². The van der Waals surface area contributed by atoms with Crippen LogP contribution in [0.4, 0.5) is 0 Å². The van der Waals surface area contributed by atoms with Gasteiger partial charge in [0.05, 0.1) is 18.5 Å². The lowest BCUT2D eigenvalue weighted by Gasteiger charge is -2.04. The second-order valence-corrected chi connectivity index (χ2v) is 5.14. The van der Waals surface area contributed by atoms with E-state index >= 15 is 0 Å². The molecule has 0 bridgehead atoms. The number of amides is 1. The van der Waals surface area contributed by atoms with Gasteiger partial charge in [-0.25, -0.2) is 0 Å². The number of pyridine rings is 1.